The molecule has 0 saturated carbocycles. The molecular weight excluding hydrogens is 226 g/mol. The molecule has 4 nitrogen and oxygen atoms in total. The van der Waals surface area contributed by atoms with Crippen LogP contribution >= 0.6 is 0 Å². The van der Waals surface area contributed by atoms with Gasteiger partial charge in [0, 0.05) is 19.2 Å². The van der Waals surface area contributed by atoms with Gasteiger partial charge in [0.05, 0.1) is 11.3 Å². The molecule has 0 radical (unpaired) electrons. The highest BCUT2D eigenvalue weighted by Crippen LogP contribution is 2.17. The predicted octanol–water partition coefficient (Wildman–Crippen LogP) is 1.67. The summed E-state index contributed by atoms with van der Waals surface area (Å²) in [6.45, 7) is 8.02. The normalized spacial score (nSPS) is 14.7. The van der Waals surface area contributed by atoms with E-state index in [0.717, 1.165) is 43.7 Å². The fraction of sp³-hybridized carbons (Fsp3) is 0.786. The fourth-order valence-corrected chi connectivity index (χ4v) is 2.05. The quantitative estimate of drug-likeness (QED) is 0.693. The van der Waals surface area contributed by atoms with Crippen LogP contribution in [0.4, 0.5) is 0 Å². The number of hydrogen-bond acceptors (Lipinski definition) is 3. The van der Waals surface area contributed by atoms with Crippen molar-refractivity contribution in [2.24, 2.45) is 7.05 Å². The van der Waals surface area contributed by atoms with Crippen LogP contribution in [0.5, 0.6) is 0 Å². The van der Waals surface area contributed by atoms with E-state index in [2.05, 4.69) is 30.3 Å². The minimum Gasteiger partial charge on any atom is -0.390 e. The van der Waals surface area contributed by atoms with Crippen LogP contribution in [0.15, 0.2) is 6.07 Å². The molecule has 18 heavy (non-hydrogen) atoms. The highest BCUT2D eigenvalue weighted by molar-refractivity contribution is 5.12. The average Bonchev–Trinajstić information content (AvgIpc) is 2.65. The lowest BCUT2D eigenvalue weighted by atomic mass is 9.96. The van der Waals surface area contributed by atoms with Gasteiger partial charge in [-0.3, -0.25) is 4.68 Å². The standard InChI is InChI=1S/C14H27N3O/c1-5-8-15-9-7-14(3,18)11-13-10-12(6-2)16-17(13)4/h10,15,18H,5-9,11H2,1-4H3. The van der Waals surface area contributed by atoms with E-state index in [-0.39, 0.29) is 0 Å². The topological polar surface area (TPSA) is 50.1 Å². The fourth-order valence-electron chi connectivity index (χ4n) is 2.05. The summed E-state index contributed by atoms with van der Waals surface area (Å²) in [4.78, 5) is 0. The molecule has 2 N–H and O–H groups in total. The second kappa shape index (κ2) is 6.90. The van der Waals surface area contributed by atoms with Crippen molar-refractivity contribution in [2.45, 2.75) is 52.1 Å². The van der Waals surface area contributed by atoms with Gasteiger partial charge in [0.1, 0.15) is 0 Å². The summed E-state index contributed by atoms with van der Waals surface area (Å²) >= 11 is 0. The lowest BCUT2D eigenvalue weighted by Gasteiger charge is -2.23. The first kappa shape index (κ1) is 15.2. The Kier molecular flexibility index (Phi) is 5.82. The van der Waals surface area contributed by atoms with Crippen molar-refractivity contribution in [3.63, 3.8) is 0 Å². The third-order valence-corrected chi connectivity index (χ3v) is 3.22. The van der Waals surface area contributed by atoms with Gasteiger partial charge in [-0.25, -0.2) is 0 Å². The Labute approximate surface area is 110 Å². The number of aryl methyl sites for hydroxylation is 2. The molecule has 104 valence electrons. The van der Waals surface area contributed by atoms with Crippen LogP contribution < -0.4 is 5.32 Å². The zero-order valence-electron chi connectivity index (χ0n) is 12.2. The molecule has 0 aromatic carbocycles. The molecular formula is C14H27N3O. The van der Waals surface area contributed by atoms with E-state index in [1.165, 1.54) is 0 Å². The SMILES string of the molecule is CCCNCCC(C)(O)Cc1cc(CC)nn1C. The molecule has 1 aromatic rings. The Morgan fingerprint density at radius 2 is 2.11 bits per heavy atom. The molecule has 0 aliphatic rings. The van der Waals surface area contributed by atoms with Crippen molar-refractivity contribution in [3.8, 4) is 0 Å². The van der Waals surface area contributed by atoms with E-state index in [1.54, 1.807) is 0 Å². The number of hydrogen-bond donors (Lipinski definition) is 2. The third kappa shape index (κ3) is 4.78. The summed E-state index contributed by atoms with van der Waals surface area (Å²) in [6, 6.07) is 2.09. The highest BCUT2D eigenvalue weighted by atomic mass is 16.3. The summed E-state index contributed by atoms with van der Waals surface area (Å²) in [5, 5.41) is 18.1. The first-order valence-corrected chi connectivity index (χ1v) is 6.93. The number of aromatic nitrogens is 2. The maximum absolute atomic E-state index is 10.4. The maximum Gasteiger partial charge on any atom is 0.0686 e. The number of nitrogens with one attached hydrogen (secondary N) is 1. The van der Waals surface area contributed by atoms with Gasteiger partial charge in [-0.05, 0) is 45.3 Å². The Morgan fingerprint density at radius 1 is 1.39 bits per heavy atom. The summed E-state index contributed by atoms with van der Waals surface area (Å²) < 4.78 is 1.88. The Morgan fingerprint density at radius 3 is 2.67 bits per heavy atom. The number of aliphatic hydroxyl groups is 1. The van der Waals surface area contributed by atoms with E-state index in [0.29, 0.717) is 6.42 Å². The average molecular weight is 253 g/mol. The van der Waals surface area contributed by atoms with Gasteiger partial charge >= 0.3 is 0 Å². The van der Waals surface area contributed by atoms with Crippen molar-refractivity contribution in [3.05, 3.63) is 17.5 Å². The molecule has 1 rings (SSSR count). The summed E-state index contributed by atoms with van der Waals surface area (Å²) in [5.74, 6) is 0. The summed E-state index contributed by atoms with van der Waals surface area (Å²) in [5.41, 5.74) is 1.53. The first-order chi connectivity index (χ1) is 8.48. The molecule has 1 heterocycles. The van der Waals surface area contributed by atoms with Crippen LogP contribution in [0.1, 0.15) is 45.0 Å². The summed E-state index contributed by atoms with van der Waals surface area (Å²) in [7, 11) is 1.94. The van der Waals surface area contributed by atoms with Crippen molar-refractivity contribution < 1.29 is 5.11 Å². The molecule has 0 amide bonds. The molecule has 0 aliphatic heterocycles. The minimum absolute atomic E-state index is 0.657. The molecule has 0 spiro atoms. The van der Waals surface area contributed by atoms with E-state index in [1.807, 2.05) is 18.7 Å². The highest BCUT2D eigenvalue weighted by Gasteiger charge is 2.22. The van der Waals surface area contributed by atoms with Gasteiger partial charge in [-0.2, -0.15) is 5.10 Å². The molecule has 0 aliphatic carbocycles. The Hall–Kier alpha value is -0.870. The molecule has 4 heteroatoms. The zero-order valence-corrected chi connectivity index (χ0v) is 12.2. The molecule has 0 bridgehead atoms. The maximum atomic E-state index is 10.4. The van der Waals surface area contributed by atoms with Crippen molar-refractivity contribution in [1.29, 1.82) is 0 Å². The monoisotopic (exact) mass is 253 g/mol. The number of nitrogens with zero attached hydrogens (tertiary/aromatic N) is 2. The van der Waals surface area contributed by atoms with E-state index in [9.17, 15) is 5.11 Å². The van der Waals surface area contributed by atoms with Gasteiger partial charge in [0.15, 0.2) is 0 Å². The lowest BCUT2D eigenvalue weighted by Crippen LogP contribution is -2.33. The summed E-state index contributed by atoms with van der Waals surface area (Å²) in [6.07, 6.45) is 3.49. The Bertz CT molecular complexity index is 358. The van der Waals surface area contributed by atoms with Gasteiger partial charge in [0.25, 0.3) is 0 Å². The van der Waals surface area contributed by atoms with Gasteiger partial charge in [0.2, 0.25) is 0 Å². The van der Waals surface area contributed by atoms with Crippen LogP contribution in [0, 0.1) is 0 Å². The van der Waals surface area contributed by atoms with E-state index < -0.39 is 5.60 Å². The largest absolute Gasteiger partial charge is 0.390 e. The smallest absolute Gasteiger partial charge is 0.0686 e. The van der Waals surface area contributed by atoms with Crippen molar-refractivity contribution in [1.82, 2.24) is 15.1 Å². The molecule has 1 atom stereocenters. The Balaban J connectivity index is 2.50. The third-order valence-electron chi connectivity index (χ3n) is 3.22. The molecule has 0 saturated heterocycles. The van der Waals surface area contributed by atoms with Crippen LogP contribution in [0.3, 0.4) is 0 Å². The van der Waals surface area contributed by atoms with E-state index >= 15 is 0 Å². The second-order valence-electron chi connectivity index (χ2n) is 5.28. The predicted molar refractivity (Wildman–Crippen MR) is 74.7 cm³/mol. The van der Waals surface area contributed by atoms with Crippen molar-refractivity contribution in [2.75, 3.05) is 13.1 Å². The second-order valence-corrected chi connectivity index (χ2v) is 5.28. The lowest BCUT2D eigenvalue weighted by molar-refractivity contribution is 0.0497. The van der Waals surface area contributed by atoms with Crippen LogP contribution in [0.2, 0.25) is 0 Å². The molecule has 1 unspecified atom stereocenters. The number of rotatable bonds is 8. The van der Waals surface area contributed by atoms with E-state index in [4.69, 9.17) is 0 Å². The zero-order chi connectivity index (χ0) is 13.6. The first-order valence-electron chi connectivity index (χ1n) is 6.93. The van der Waals surface area contributed by atoms with Gasteiger partial charge in [-0.15, -0.1) is 0 Å². The van der Waals surface area contributed by atoms with Crippen LogP contribution in [0.25, 0.3) is 0 Å². The van der Waals surface area contributed by atoms with Gasteiger partial charge in [-0.1, -0.05) is 13.8 Å². The minimum atomic E-state index is -0.667. The van der Waals surface area contributed by atoms with Crippen LogP contribution in [-0.4, -0.2) is 33.6 Å². The van der Waals surface area contributed by atoms with Crippen molar-refractivity contribution >= 4 is 0 Å². The molecule has 0 fully saturated rings. The van der Waals surface area contributed by atoms with Gasteiger partial charge < -0.3 is 10.4 Å². The van der Waals surface area contributed by atoms with Crippen LogP contribution in [-0.2, 0) is 19.9 Å². The molecule has 1 aromatic heterocycles.